The second-order valence-corrected chi connectivity index (χ2v) is 6.42. The van der Waals surface area contributed by atoms with Crippen LogP contribution >= 0.6 is 0 Å². The van der Waals surface area contributed by atoms with Gasteiger partial charge in [-0.15, -0.1) is 0 Å². The molecule has 6 heteroatoms. The Morgan fingerprint density at radius 2 is 1.96 bits per heavy atom. The summed E-state index contributed by atoms with van der Waals surface area (Å²) in [5.41, 5.74) is 3.36. The molecule has 0 fully saturated rings. The molecule has 0 spiro atoms. The Labute approximate surface area is 153 Å². The summed E-state index contributed by atoms with van der Waals surface area (Å²) in [4.78, 5) is 26.1. The molecule has 1 aromatic heterocycles. The molecule has 1 N–H and O–H groups in total. The van der Waals surface area contributed by atoms with Gasteiger partial charge >= 0.3 is 12.0 Å². The zero-order valence-electron chi connectivity index (χ0n) is 15.3. The number of aryl methyl sites for hydroxylation is 1. The molecule has 2 aromatic rings. The SMILES string of the molecule is CCOC(=O)CCNC(=O)N1CCn2cccc2[C@@H]1c1ccc(C)cc1. The second kappa shape index (κ2) is 8.08. The van der Waals surface area contributed by atoms with Crippen molar-refractivity contribution in [1.29, 1.82) is 0 Å². The maximum atomic E-state index is 12.8. The fourth-order valence-corrected chi connectivity index (χ4v) is 3.31. The molecule has 2 amide bonds. The number of hydrogen-bond acceptors (Lipinski definition) is 3. The topological polar surface area (TPSA) is 63.6 Å². The van der Waals surface area contributed by atoms with Crippen LogP contribution in [0.2, 0.25) is 0 Å². The molecule has 138 valence electrons. The molecule has 6 nitrogen and oxygen atoms in total. The summed E-state index contributed by atoms with van der Waals surface area (Å²) in [6, 6.07) is 12.0. The first kappa shape index (κ1) is 18.0. The highest BCUT2D eigenvalue weighted by Crippen LogP contribution is 2.32. The lowest BCUT2D eigenvalue weighted by atomic mass is 9.99. The number of rotatable bonds is 5. The second-order valence-electron chi connectivity index (χ2n) is 6.42. The fraction of sp³-hybridized carbons (Fsp3) is 0.400. The molecule has 1 aliphatic heterocycles. The number of nitrogens with one attached hydrogen (secondary N) is 1. The van der Waals surface area contributed by atoms with Crippen molar-refractivity contribution in [3.63, 3.8) is 0 Å². The standard InChI is InChI=1S/C20H25N3O3/c1-3-26-18(24)10-11-21-20(25)23-14-13-22-12-4-5-17(22)19(23)16-8-6-15(2)7-9-16/h4-9,12,19H,3,10-11,13-14H2,1-2H3,(H,21,25)/t19-/m0/s1. The highest BCUT2D eigenvalue weighted by Gasteiger charge is 2.32. The van der Waals surface area contributed by atoms with Crippen molar-refractivity contribution in [2.45, 2.75) is 32.9 Å². The number of hydrogen-bond donors (Lipinski definition) is 1. The molecule has 0 saturated heterocycles. The maximum absolute atomic E-state index is 12.8. The van der Waals surface area contributed by atoms with Crippen LogP contribution in [0.25, 0.3) is 0 Å². The monoisotopic (exact) mass is 355 g/mol. The van der Waals surface area contributed by atoms with Gasteiger partial charge in [0, 0.05) is 31.5 Å². The smallest absolute Gasteiger partial charge is 0.318 e. The van der Waals surface area contributed by atoms with Gasteiger partial charge in [0.05, 0.1) is 19.1 Å². The van der Waals surface area contributed by atoms with E-state index in [-0.39, 0.29) is 31.0 Å². The Hall–Kier alpha value is -2.76. The van der Waals surface area contributed by atoms with Crippen LogP contribution in [0.15, 0.2) is 42.6 Å². The van der Waals surface area contributed by atoms with Crippen LogP contribution in [-0.4, -0.2) is 41.2 Å². The van der Waals surface area contributed by atoms with Crippen LogP contribution in [0.1, 0.15) is 36.2 Å². The lowest BCUT2D eigenvalue weighted by Crippen LogP contribution is -2.47. The molecule has 1 atom stereocenters. The average molecular weight is 355 g/mol. The molecule has 0 unspecified atom stereocenters. The number of benzene rings is 1. The third-order valence-electron chi connectivity index (χ3n) is 4.60. The van der Waals surface area contributed by atoms with Gasteiger partial charge in [-0.05, 0) is 31.5 Å². The van der Waals surface area contributed by atoms with E-state index in [1.54, 1.807) is 6.92 Å². The number of amides is 2. The van der Waals surface area contributed by atoms with Crippen molar-refractivity contribution in [2.24, 2.45) is 0 Å². The van der Waals surface area contributed by atoms with E-state index in [4.69, 9.17) is 4.74 Å². The summed E-state index contributed by atoms with van der Waals surface area (Å²) < 4.78 is 7.09. The average Bonchev–Trinajstić information content (AvgIpc) is 3.10. The predicted octanol–water partition coefficient (Wildman–Crippen LogP) is 2.86. The minimum atomic E-state index is -0.296. The predicted molar refractivity (Wildman–Crippen MR) is 98.8 cm³/mol. The summed E-state index contributed by atoms with van der Waals surface area (Å²) in [5, 5.41) is 2.85. The summed E-state index contributed by atoms with van der Waals surface area (Å²) >= 11 is 0. The number of carbonyl (C=O) groups excluding carboxylic acids is 2. The Morgan fingerprint density at radius 1 is 1.19 bits per heavy atom. The number of urea groups is 1. The third kappa shape index (κ3) is 3.90. The van der Waals surface area contributed by atoms with Crippen molar-refractivity contribution in [3.8, 4) is 0 Å². The normalized spacial score (nSPS) is 16.1. The number of esters is 1. The molecule has 0 radical (unpaired) electrons. The molecule has 1 aliphatic rings. The van der Waals surface area contributed by atoms with Crippen LogP contribution in [0.3, 0.4) is 0 Å². The molecule has 0 aliphatic carbocycles. The number of nitrogens with zero attached hydrogens (tertiary/aromatic N) is 2. The molecule has 0 bridgehead atoms. The quantitative estimate of drug-likeness (QED) is 0.839. The van der Waals surface area contributed by atoms with E-state index in [1.807, 2.05) is 24.1 Å². The van der Waals surface area contributed by atoms with Gasteiger partial charge in [0.15, 0.2) is 0 Å². The van der Waals surface area contributed by atoms with Gasteiger partial charge in [0.25, 0.3) is 0 Å². The van der Waals surface area contributed by atoms with E-state index in [0.717, 1.165) is 17.8 Å². The van der Waals surface area contributed by atoms with Gasteiger partial charge in [-0.3, -0.25) is 4.79 Å². The number of ether oxygens (including phenoxy) is 1. The molecule has 3 rings (SSSR count). The first-order chi connectivity index (χ1) is 12.6. The van der Waals surface area contributed by atoms with Crippen LogP contribution in [0.5, 0.6) is 0 Å². The van der Waals surface area contributed by atoms with Crippen LogP contribution in [0.4, 0.5) is 4.79 Å². The zero-order chi connectivity index (χ0) is 18.5. The molecule has 0 saturated carbocycles. The van der Waals surface area contributed by atoms with Gasteiger partial charge in [0.2, 0.25) is 0 Å². The lowest BCUT2D eigenvalue weighted by molar-refractivity contribution is -0.142. The van der Waals surface area contributed by atoms with E-state index in [0.29, 0.717) is 13.2 Å². The highest BCUT2D eigenvalue weighted by molar-refractivity contribution is 5.76. The van der Waals surface area contributed by atoms with Gasteiger partial charge in [-0.2, -0.15) is 0 Å². The Balaban J connectivity index is 1.75. The van der Waals surface area contributed by atoms with E-state index in [1.165, 1.54) is 5.56 Å². The summed E-state index contributed by atoms with van der Waals surface area (Å²) in [7, 11) is 0. The largest absolute Gasteiger partial charge is 0.466 e. The summed E-state index contributed by atoms with van der Waals surface area (Å²) in [6.07, 6.45) is 2.23. The molecule has 26 heavy (non-hydrogen) atoms. The Kier molecular flexibility index (Phi) is 5.61. The first-order valence-electron chi connectivity index (χ1n) is 9.02. The van der Waals surface area contributed by atoms with Gasteiger partial charge in [-0.1, -0.05) is 29.8 Å². The summed E-state index contributed by atoms with van der Waals surface area (Å²) in [6.45, 7) is 5.82. The van der Waals surface area contributed by atoms with Crippen molar-refractivity contribution in [2.75, 3.05) is 19.7 Å². The van der Waals surface area contributed by atoms with Crippen LogP contribution in [0, 0.1) is 6.92 Å². The lowest BCUT2D eigenvalue weighted by Gasteiger charge is -2.37. The van der Waals surface area contributed by atoms with Crippen LogP contribution in [-0.2, 0) is 16.1 Å². The van der Waals surface area contributed by atoms with E-state index in [2.05, 4.69) is 40.2 Å². The third-order valence-corrected chi connectivity index (χ3v) is 4.60. The van der Waals surface area contributed by atoms with Gasteiger partial charge < -0.3 is 19.5 Å². The van der Waals surface area contributed by atoms with E-state index in [9.17, 15) is 9.59 Å². The van der Waals surface area contributed by atoms with Crippen molar-refractivity contribution in [3.05, 3.63) is 59.4 Å². The minimum absolute atomic E-state index is 0.137. The van der Waals surface area contributed by atoms with Crippen molar-refractivity contribution < 1.29 is 14.3 Å². The summed E-state index contributed by atoms with van der Waals surface area (Å²) in [5.74, 6) is -0.296. The maximum Gasteiger partial charge on any atom is 0.318 e. The van der Waals surface area contributed by atoms with E-state index >= 15 is 0 Å². The zero-order valence-corrected chi connectivity index (χ0v) is 15.3. The number of carbonyl (C=O) groups is 2. The first-order valence-corrected chi connectivity index (χ1v) is 9.02. The van der Waals surface area contributed by atoms with Crippen molar-refractivity contribution >= 4 is 12.0 Å². The number of fused-ring (bicyclic) bond motifs is 1. The van der Waals surface area contributed by atoms with E-state index < -0.39 is 0 Å². The fourth-order valence-electron chi connectivity index (χ4n) is 3.31. The Morgan fingerprint density at radius 3 is 2.69 bits per heavy atom. The Bertz CT molecular complexity index is 767. The molecule has 1 aromatic carbocycles. The number of aromatic nitrogens is 1. The molecule has 2 heterocycles. The van der Waals surface area contributed by atoms with Gasteiger partial charge in [-0.25, -0.2) is 4.79 Å². The molecular weight excluding hydrogens is 330 g/mol. The highest BCUT2D eigenvalue weighted by atomic mass is 16.5. The molecular formula is C20H25N3O3. The van der Waals surface area contributed by atoms with Crippen LogP contribution < -0.4 is 5.32 Å². The minimum Gasteiger partial charge on any atom is -0.466 e. The van der Waals surface area contributed by atoms with Gasteiger partial charge in [0.1, 0.15) is 0 Å². The van der Waals surface area contributed by atoms with Crippen molar-refractivity contribution in [1.82, 2.24) is 14.8 Å².